The molecule has 0 radical (unpaired) electrons. The van der Waals surface area contributed by atoms with Crippen LogP contribution >= 0.6 is 23.5 Å². The summed E-state index contributed by atoms with van der Waals surface area (Å²) in [5, 5.41) is 0. The molecule has 0 aliphatic carbocycles. The number of methoxy groups -OCH3 is 1. The van der Waals surface area contributed by atoms with Gasteiger partial charge >= 0.3 is 0 Å². The minimum Gasteiger partial charge on any atom is -0.456 e. The Bertz CT molecular complexity index is 6050. The Balaban J connectivity index is 0.598. The molecule has 0 saturated carbocycles. The zero-order valence-electron chi connectivity index (χ0n) is 74.7. The van der Waals surface area contributed by atoms with E-state index in [2.05, 4.69) is 304 Å². The highest BCUT2D eigenvalue weighted by molar-refractivity contribution is 8.21. The van der Waals surface area contributed by atoms with Crippen molar-refractivity contribution in [1.82, 2.24) is 0 Å². The quantitative estimate of drug-likeness (QED) is 0.0273. The fourth-order valence-corrected chi connectivity index (χ4v) is 20.2. The lowest BCUT2D eigenvalue weighted by atomic mass is 10.00. The van der Waals surface area contributed by atoms with Gasteiger partial charge < -0.3 is 35.7 Å². The van der Waals surface area contributed by atoms with E-state index in [0.29, 0.717) is 6.61 Å². The van der Waals surface area contributed by atoms with Crippen molar-refractivity contribution >= 4 is 23.5 Å². The number of hydrogen-bond donors (Lipinski definition) is 0. The third-order valence-electron chi connectivity index (χ3n) is 24.5. The summed E-state index contributed by atoms with van der Waals surface area (Å²) in [4.78, 5) is 0. The molecule has 0 N–H and O–H groups in total. The first-order valence-corrected chi connectivity index (χ1v) is 48.5. The van der Waals surface area contributed by atoms with Crippen LogP contribution in [0.2, 0.25) is 0 Å². The monoisotopic (exact) mass is 1690 g/mol. The lowest BCUT2D eigenvalue weighted by Crippen LogP contribution is -2.11. The van der Waals surface area contributed by atoms with E-state index in [-0.39, 0.29) is 4.08 Å². The molecule has 0 amide bonds. The highest BCUT2D eigenvalue weighted by Crippen LogP contribution is 2.53. The minimum atomic E-state index is -0.198. The Labute approximate surface area is 749 Å². The number of thioether (sulfide) groups is 2. The molecule has 0 atom stereocenters. The second-order valence-corrected chi connectivity index (χ2v) is 36.7. The fraction of sp³-hybridized carbons (Fsp3) is 0.322. The lowest BCUT2D eigenvalue weighted by Gasteiger charge is -2.21. The minimum absolute atomic E-state index is 0.198. The van der Waals surface area contributed by atoms with Crippen molar-refractivity contribution in [2.45, 2.75) is 220 Å². The molecule has 8 heterocycles. The maximum atomic E-state index is 6.97. The third kappa shape index (κ3) is 20.3. The van der Waals surface area contributed by atoms with Gasteiger partial charge in [-0.25, -0.2) is 0 Å². The predicted molar refractivity (Wildman–Crippen MR) is 523 cm³/mol. The summed E-state index contributed by atoms with van der Waals surface area (Å²) in [6.07, 6.45) is 25.0. The molecule has 8 nitrogen and oxygen atoms in total. The van der Waals surface area contributed by atoms with Crippen LogP contribution in [0.5, 0.6) is 0 Å². The van der Waals surface area contributed by atoms with E-state index in [1.54, 1.807) is 7.11 Å². The van der Waals surface area contributed by atoms with Crippen LogP contribution in [0.4, 0.5) is 0 Å². The Morgan fingerprint density at radius 3 is 0.648 bits per heavy atom. The van der Waals surface area contributed by atoms with Crippen LogP contribution in [0.25, 0.3) is 159 Å². The molecule has 0 unspecified atom stereocenters. The molecule has 1 aliphatic heterocycles. The van der Waals surface area contributed by atoms with Crippen LogP contribution in [-0.4, -0.2) is 18.6 Å². The maximum absolute atomic E-state index is 6.97. The molecule has 15 aromatic rings. The molecule has 125 heavy (non-hydrogen) atoms. The van der Waals surface area contributed by atoms with Gasteiger partial charge in [-0.05, 0) is 189 Å². The Morgan fingerprint density at radius 1 is 0.256 bits per heavy atom. The van der Waals surface area contributed by atoms with Gasteiger partial charge in [0, 0.05) is 103 Å². The lowest BCUT2D eigenvalue weighted by molar-refractivity contribution is 0.185. The molecule has 1 fully saturated rings. The van der Waals surface area contributed by atoms with Crippen LogP contribution in [-0.2, 0) is 60.4 Å². The van der Waals surface area contributed by atoms with Crippen molar-refractivity contribution in [3.05, 3.63) is 287 Å². The van der Waals surface area contributed by atoms with Crippen molar-refractivity contribution in [1.29, 1.82) is 0 Å². The first kappa shape index (κ1) is 87.4. The summed E-state index contributed by atoms with van der Waals surface area (Å²) in [6.45, 7) is 18.6. The van der Waals surface area contributed by atoms with Gasteiger partial charge in [-0.2, -0.15) is 0 Å². The van der Waals surface area contributed by atoms with Gasteiger partial charge in [0.05, 0.1) is 6.61 Å². The number of benzene rings is 8. The molecule has 640 valence electrons. The molecular weight excluding hydrogens is 1570 g/mol. The highest BCUT2D eigenvalue weighted by Gasteiger charge is 2.36. The maximum Gasteiger partial charge on any atom is 0.147 e. The summed E-state index contributed by atoms with van der Waals surface area (Å²) in [7, 11) is 1.73. The van der Waals surface area contributed by atoms with Crippen LogP contribution in [0.3, 0.4) is 0 Å². The predicted octanol–water partition coefficient (Wildman–Crippen LogP) is 34.5. The molecule has 1 saturated heterocycles. The van der Waals surface area contributed by atoms with E-state index >= 15 is 0 Å². The van der Waals surface area contributed by atoms with Crippen LogP contribution in [0.15, 0.2) is 268 Å². The molecule has 1 aliphatic rings. The van der Waals surface area contributed by atoms with Crippen molar-refractivity contribution in [2.75, 3.05) is 18.6 Å². The van der Waals surface area contributed by atoms with Gasteiger partial charge in [0.15, 0.2) is 0 Å². The van der Waals surface area contributed by atoms with Crippen LogP contribution in [0.1, 0.15) is 215 Å². The van der Waals surface area contributed by atoms with Crippen molar-refractivity contribution in [2.24, 2.45) is 0 Å². The third-order valence-corrected chi connectivity index (χ3v) is 27.8. The van der Waals surface area contributed by atoms with E-state index < -0.39 is 0 Å². The smallest absolute Gasteiger partial charge is 0.147 e. The molecule has 8 aromatic carbocycles. The van der Waals surface area contributed by atoms with Gasteiger partial charge in [0.2, 0.25) is 0 Å². The summed E-state index contributed by atoms with van der Waals surface area (Å²) in [6, 6.07) is 85.8. The SMILES string of the molecule is CCCCC#CC1(c2ccc(-c3oc(-c4ccc(-c5oc(-c6ccc(-c7oc(-c8ccc(-c9oc(-c%10ccc(-c%11oc(-c%12ccc(-c%13oc(-c%14ccc(-c%15oc(-c%16ccc(COC)cc%16)cc%15CCCC)cc%14)cc%13CCCC)cc%12)cc%11CCCC)cc%10)cc9CCCC)cc8)cc7CCCC)cc6)cc5CCCC)cc4)cc3CCCC)cc2)SCCS1. The average molecular weight is 1690 g/mol. The standard InChI is InChI=1S/C115H120O8S2/c1-10-18-26-27-67-115(124-68-69-125-115)100-65-63-92(64-66-100)114-99(34-25-17-8)76-107(123-114)85-49-61-91(62-50-85)113-98(33-24-16-7)75-106(122-113)84-47-59-90(60-48-84)112-97(32-23-15-6)74-105(121-112)83-45-57-89(58-46-83)111-96(31-22-14-5)73-104(120-111)82-43-55-88(56-44-82)110-95(30-21-13-4)72-103(119-110)81-41-53-87(54-42-81)109-94(29-20-12-3)71-102(118-109)80-39-51-86(52-40-80)108-93(28-19-11-2)70-101(117-108)79-37-35-78(36-38-79)77-116-9/h35-66,70-76H,10-26,28-34,68-69,77H2,1-9H3. The van der Waals surface area contributed by atoms with Crippen molar-refractivity contribution in [3.8, 4) is 170 Å². The number of furan rings is 7. The zero-order valence-corrected chi connectivity index (χ0v) is 76.3. The fourth-order valence-electron chi connectivity index (χ4n) is 17.2. The van der Waals surface area contributed by atoms with Crippen molar-refractivity contribution in [3.63, 3.8) is 0 Å². The largest absolute Gasteiger partial charge is 0.456 e. The first-order chi connectivity index (χ1) is 61.5. The summed E-state index contributed by atoms with van der Waals surface area (Å²) in [5.74, 6) is 22.0. The summed E-state index contributed by atoms with van der Waals surface area (Å²) in [5.41, 5.74) is 25.6. The Hall–Kier alpha value is -11.1. The molecule has 0 spiro atoms. The van der Waals surface area contributed by atoms with E-state index in [9.17, 15) is 0 Å². The molecule has 7 aromatic heterocycles. The molecule has 10 heteroatoms. The zero-order chi connectivity index (χ0) is 86.0. The topological polar surface area (TPSA) is 101 Å². The first-order valence-electron chi connectivity index (χ1n) is 46.5. The van der Waals surface area contributed by atoms with E-state index in [4.69, 9.17) is 35.7 Å². The molecular formula is C115H120O8S2. The van der Waals surface area contributed by atoms with Gasteiger partial charge in [-0.15, -0.1) is 29.4 Å². The summed E-state index contributed by atoms with van der Waals surface area (Å²) >= 11 is 3.96. The van der Waals surface area contributed by atoms with Gasteiger partial charge in [0.1, 0.15) is 84.7 Å². The van der Waals surface area contributed by atoms with E-state index in [0.717, 1.165) is 323 Å². The number of ether oxygens (including phenoxy) is 1. The van der Waals surface area contributed by atoms with Crippen molar-refractivity contribution < 1.29 is 35.7 Å². The van der Waals surface area contributed by atoms with Crippen LogP contribution < -0.4 is 0 Å². The Morgan fingerprint density at radius 2 is 0.448 bits per heavy atom. The number of hydrogen-bond acceptors (Lipinski definition) is 10. The van der Waals surface area contributed by atoms with E-state index in [1.165, 1.54) is 50.9 Å². The van der Waals surface area contributed by atoms with Gasteiger partial charge in [-0.3, -0.25) is 0 Å². The van der Waals surface area contributed by atoms with Gasteiger partial charge in [0.25, 0.3) is 0 Å². The average Bonchev–Trinajstić information content (AvgIpc) is 1.66. The van der Waals surface area contributed by atoms with Gasteiger partial charge in [-0.1, -0.05) is 307 Å². The highest BCUT2D eigenvalue weighted by atomic mass is 32.2. The Kier molecular flexibility index (Phi) is 29.3. The second-order valence-electron chi connectivity index (χ2n) is 33.9. The molecule has 16 rings (SSSR count). The summed E-state index contributed by atoms with van der Waals surface area (Å²) < 4.78 is 53.4. The second kappa shape index (κ2) is 41.8. The number of aryl methyl sites for hydroxylation is 7. The van der Waals surface area contributed by atoms with E-state index in [1.807, 2.05) is 23.5 Å². The van der Waals surface area contributed by atoms with Crippen LogP contribution in [0, 0.1) is 11.8 Å². The molecule has 0 bridgehead atoms. The number of rotatable bonds is 40. The normalized spacial score (nSPS) is 12.6. The number of unbranched alkanes of at least 4 members (excludes halogenated alkanes) is 9.